The standard InChI is InChI=1S/C15H20O/c1-11(2)14-8-3-5-12(9-14)10-15(16)13-6-4-7-13/h3,5,8-9,11,13H,4,6-7,10H2,1-2H3. The predicted molar refractivity (Wildman–Crippen MR) is 66.6 cm³/mol. The number of rotatable bonds is 4. The third kappa shape index (κ3) is 2.52. The molecule has 1 heteroatoms. The molecule has 0 radical (unpaired) electrons. The maximum Gasteiger partial charge on any atom is 0.140 e. The molecule has 1 nitrogen and oxygen atoms in total. The maximum absolute atomic E-state index is 11.9. The maximum atomic E-state index is 11.9. The van der Waals surface area contributed by atoms with Crippen LogP contribution in [0.3, 0.4) is 0 Å². The van der Waals surface area contributed by atoms with Crippen LogP contribution in [-0.2, 0) is 11.2 Å². The zero-order chi connectivity index (χ0) is 11.5. The first-order chi connectivity index (χ1) is 7.66. The minimum atomic E-state index is 0.364. The Morgan fingerprint density at radius 2 is 2.12 bits per heavy atom. The molecule has 0 aromatic heterocycles. The van der Waals surface area contributed by atoms with E-state index >= 15 is 0 Å². The van der Waals surface area contributed by atoms with Crippen LogP contribution in [0.5, 0.6) is 0 Å². The van der Waals surface area contributed by atoms with Crippen molar-refractivity contribution in [2.24, 2.45) is 5.92 Å². The Hall–Kier alpha value is -1.11. The van der Waals surface area contributed by atoms with Crippen molar-refractivity contribution < 1.29 is 4.79 Å². The monoisotopic (exact) mass is 216 g/mol. The van der Waals surface area contributed by atoms with E-state index in [0.29, 0.717) is 24.0 Å². The van der Waals surface area contributed by atoms with Crippen LogP contribution in [0, 0.1) is 5.92 Å². The molecule has 0 atom stereocenters. The Balaban J connectivity index is 2.03. The van der Waals surface area contributed by atoms with Crippen LogP contribution in [0.2, 0.25) is 0 Å². The van der Waals surface area contributed by atoms with Crippen molar-refractivity contribution >= 4 is 5.78 Å². The molecule has 1 aromatic carbocycles. The normalized spacial score (nSPS) is 16.2. The summed E-state index contributed by atoms with van der Waals surface area (Å²) in [4.78, 5) is 11.9. The summed E-state index contributed by atoms with van der Waals surface area (Å²) in [5.74, 6) is 1.34. The Bertz CT molecular complexity index is 375. The fourth-order valence-corrected chi connectivity index (χ4v) is 2.14. The molecule has 0 N–H and O–H groups in total. The molecule has 1 fully saturated rings. The topological polar surface area (TPSA) is 17.1 Å². The molecule has 0 bridgehead atoms. The lowest BCUT2D eigenvalue weighted by atomic mass is 9.80. The van der Waals surface area contributed by atoms with E-state index in [0.717, 1.165) is 12.8 Å². The lowest BCUT2D eigenvalue weighted by Crippen LogP contribution is -2.23. The molecule has 0 amide bonds. The van der Waals surface area contributed by atoms with Gasteiger partial charge in [-0.15, -0.1) is 0 Å². The van der Waals surface area contributed by atoms with Crippen molar-refractivity contribution in [2.75, 3.05) is 0 Å². The second-order valence-corrected chi connectivity index (χ2v) is 5.17. The lowest BCUT2D eigenvalue weighted by Gasteiger charge is -2.23. The average molecular weight is 216 g/mol. The van der Waals surface area contributed by atoms with Gasteiger partial charge in [-0.25, -0.2) is 0 Å². The molecule has 86 valence electrons. The van der Waals surface area contributed by atoms with Gasteiger partial charge in [-0.2, -0.15) is 0 Å². The van der Waals surface area contributed by atoms with Gasteiger partial charge in [-0.05, 0) is 29.9 Å². The zero-order valence-corrected chi connectivity index (χ0v) is 10.2. The van der Waals surface area contributed by atoms with Gasteiger partial charge in [0.1, 0.15) is 5.78 Å². The van der Waals surface area contributed by atoms with Gasteiger partial charge < -0.3 is 0 Å². The van der Waals surface area contributed by atoms with Gasteiger partial charge in [-0.3, -0.25) is 4.79 Å². The molecule has 1 aromatic rings. The van der Waals surface area contributed by atoms with Crippen LogP contribution >= 0.6 is 0 Å². The van der Waals surface area contributed by atoms with Crippen molar-refractivity contribution in [3.63, 3.8) is 0 Å². The van der Waals surface area contributed by atoms with Gasteiger partial charge >= 0.3 is 0 Å². The minimum Gasteiger partial charge on any atom is -0.299 e. The number of ketones is 1. The van der Waals surface area contributed by atoms with E-state index in [1.165, 1.54) is 17.5 Å². The number of benzene rings is 1. The highest BCUT2D eigenvalue weighted by Gasteiger charge is 2.24. The number of hydrogen-bond donors (Lipinski definition) is 0. The van der Waals surface area contributed by atoms with Crippen LogP contribution in [-0.4, -0.2) is 5.78 Å². The van der Waals surface area contributed by atoms with Gasteiger partial charge in [0.05, 0.1) is 0 Å². The molecule has 0 spiro atoms. The molecule has 0 heterocycles. The van der Waals surface area contributed by atoms with Crippen LogP contribution in [0.15, 0.2) is 24.3 Å². The summed E-state index contributed by atoms with van der Waals surface area (Å²) >= 11 is 0. The number of carbonyl (C=O) groups is 1. The molecule has 1 aliphatic carbocycles. The summed E-state index contributed by atoms with van der Waals surface area (Å²) in [6.45, 7) is 4.37. The quantitative estimate of drug-likeness (QED) is 0.749. The Kier molecular flexibility index (Phi) is 3.42. The first-order valence-electron chi connectivity index (χ1n) is 6.28. The first kappa shape index (κ1) is 11.4. The van der Waals surface area contributed by atoms with Crippen LogP contribution in [0.25, 0.3) is 0 Å². The Labute approximate surface area is 97.9 Å². The van der Waals surface area contributed by atoms with Gasteiger partial charge in [-0.1, -0.05) is 44.5 Å². The number of hydrogen-bond acceptors (Lipinski definition) is 1. The molecule has 0 unspecified atom stereocenters. The van der Waals surface area contributed by atoms with E-state index in [2.05, 4.69) is 38.1 Å². The molecular weight excluding hydrogens is 196 g/mol. The molecule has 0 saturated heterocycles. The van der Waals surface area contributed by atoms with E-state index in [9.17, 15) is 4.79 Å². The highest BCUT2D eigenvalue weighted by molar-refractivity contribution is 5.83. The van der Waals surface area contributed by atoms with E-state index in [-0.39, 0.29) is 0 Å². The van der Waals surface area contributed by atoms with Gasteiger partial charge in [0.15, 0.2) is 0 Å². The van der Waals surface area contributed by atoms with Gasteiger partial charge in [0, 0.05) is 12.3 Å². The average Bonchev–Trinajstić information content (AvgIpc) is 2.15. The van der Waals surface area contributed by atoms with Gasteiger partial charge in [0.25, 0.3) is 0 Å². The van der Waals surface area contributed by atoms with Crippen molar-refractivity contribution in [3.8, 4) is 0 Å². The Morgan fingerprint density at radius 3 is 2.69 bits per heavy atom. The van der Waals surface area contributed by atoms with E-state index < -0.39 is 0 Å². The number of Topliss-reactive ketones (excluding diaryl/α,β-unsaturated/α-hetero) is 1. The summed E-state index contributed by atoms with van der Waals surface area (Å²) in [6, 6.07) is 8.46. The molecule has 1 saturated carbocycles. The highest BCUT2D eigenvalue weighted by Crippen LogP contribution is 2.28. The summed E-state index contributed by atoms with van der Waals surface area (Å²) in [7, 11) is 0. The van der Waals surface area contributed by atoms with E-state index in [4.69, 9.17) is 0 Å². The van der Waals surface area contributed by atoms with Crippen molar-refractivity contribution in [2.45, 2.75) is 45.4 Å². The minimum absolute atomic E-state index is 0.364. The van der Waals surface area contributed by atoms with Crippen LogP contribution < -0.4 is 0 Å². The molecule has 2 rings (SSSR count). The second kappa shape index (κ2) is 4.82. The number of carbonyl (C=O) groups excluding carboxylic acids is 1. The molecular formula is C15H20O. The van der Waals surface area contributed by atoms with Crippen LogP contribution in [0.4, 0.5) is 0 Å². The third-order valence-corrected chi connectivity index (χ3v) is 3.56. The fourth-order valence-electron chi connectivity index (χ4n) is 2.14. The van der Waals surface area contributed by atoms with Gasteiger partial charge in [0.2, 0.25) is 0 Å². The van der Waals surface area contributed by atoms with Crippen molar-refractivity contribution in [1.82, 2.24) is 0 Å². The fraction of sp³-hybridized carbons (Fsp3) is 0.533. The summed E-state index contributed by atoms with van der Waals surface area (Å²) < 4.78 is 0. The van der Waals surface area contributed by atoms with E-state index in [1.54, 1.807) is 0 Å². The van der Waals surface area contributed by atoms with Crippen molar-refractivity contribution in [1.29, 1.82) is 0 Å². The zero-order valence-electron chi connectivity index (χ0n) is 10.2. The predicted octanol–water partition coefficient (Wildman–Crippen LogP) is 3.72. The summed E-state index contributed by atoms with van der Waals surface area (Å²) in [5.41, 5.74) is 2.52. The largest absolute Gasteiger partial charge is 0.299 e. The van der Waals surface area contributed by atoms with E-state index in [1.807, 2.05) is 0 Å². The summed E-state index contributed by atoms with van der Waals surface area (Å²) in [6.07, 6.45) is 4.10. The molecule has 0 aliphatic heterocycles. The first-order valence-corrected chi connectivity index (χ1v) is 6.28. The SMILES string of the molecule is CC(C)c1cccc(CC(=O)C2CCC2)c1. The Morgan fingerprint density at radius 1 is 1.38 bits per heavy atom. The molecule has 1 aliphatic rings. The van der Waals surface area contributed by atoms with Crippen LogP contribution in [0.1, 0.15) is 50.2 Å². The summed E-state index contributed by atoms with van der Waals surface area (Å²) in [5, 5.41) is 0. The second-order valence-electron chi connectivity index (χ2n) is 5.17. The lowest BCUT2D eigenvalue weighted by molar-refractivity contribution is -0.124. The smallest absolute Gasteiger partial charge is 0.140 e. The highest BCUT2D eigenvalue weighted by atomic mass is 16.1. The molecule has 16 heavy (non-hydrogen) atoms. The third-order valence-electron chi connectivity index (χ3n) is 3.56. The van der Waals surface area contributed by atoms with Crippen molar-refractivity contribution in [3.05, 3.63) is 35.4 Å².